The number of aromatic amines is 1. The fourth-order valence-electron chi connectivity index (χ4n) is 2.24. The minimum atomic E-state index is -0.589. The summed E-state index contributed by atoms with van der Waals surface area (Å²) >= 11 is 0. The van der Waals surface area contributed by atoms with Gasteiger partial charge in [-0.2, -0.15) is 4.98 Å². The lowest BCUT2D eigenvalue weighted by atomic mass is 10.1. The second-order valence-electron chi connectivity index (χ2n) is 4.84. The number of carbonyl (C=O) groups excluding carboxylic acids is 2. The first-order chi connectivity index (χ1) is 11.2. The van der Waals surface area contributed by atoms with Crippen LogP contribution in [-0.2, 0) is 16.0 Å². The van der Waals surface area contributed by atoms with E-state index in [1.165, 1.54) is 0 Å². The van der Waals surface area contributed by atoms with Crippen molar-refractivity contribution in [2.75, 3.05) is 11.9 Å². The lowest BCUT2D eigenvalue weighted by Gasteiger charge is -2.00. The Morgan fingerprint density at radius 3 is 3.00 bits per heavy atom. The van der Waals surface area contributed by atoms with Gasteiger partial charge in [-0.25, -0.2) is 4.79 Å². The lowest BCUT2D eigenvalue weighted by Crippen LogP contribution is -2.14. The molecule has 3 rings (SSSR count). The van der Waals surface area contributed by atoms with E-state index >= 15 is 0 Å². The van der Waals surface area contributed by atoms with Gasteiger partial charge in [0.25, 0.3) is 0 Å². The van der Waals surface area contributed by atoms with Crippen LogP contribution in [0.1, 0.15) is 23.0 Å². The SMILES string of the molecule is CCOC(=O)c1coc(NC(=O)Cc2c[nH]c3ccccc23)n1. The Morgan fingerprint density at radius 2 is 2.17 bits per heavy atom. The van der Waals surface area contributed by atoms with E-state index in [0.717, 1.165) is 22.7 Å². The quantitative estimate of drug-likeness (QED) is 0.705. The van der Waals surface area contributed by atoms with Gasteiger partial charge in [-0.15, -0.1) is 0 Å². The van der Waals surface area contributed by atoms with E-state index < -0.39 is 5.97 Å². The minimum absolute atomic E-state index is 0.0224. The number of aromatic nitrogens is 2. The average molecular weight is 313 g/mol. The highest BCUT2D eigenvalue weighted by Gasteiger charge is 2.15. The molecule has 0 aliphatic rings. The topological polar surface area (TPSA) is 97.2 Å². The molecule has 1 aromatic carbocycles. The van der Waals surface area contributed by atoms with Crippen molar-refractivity contribution in [3.8, 4) is 0 Å². The summed E-state index contributed by atoms with van der Waals surface area (Å²) < 4.78 is 9.86. The third-order valence-corrected chi connectivity index (χ3v) is 3.26. The van der Waals surface area contributed by atoms with Gasteiger partial charge >= 0.3 is 12.0 Å². The van der Waals surface area contributed by atoms with Crippen molar-refractivity contribution in [3.05, 3.63) is 48.0 Å². The number of anilines is 1. The molecule has 2 heterocycles. The summed E-state index contributed by atoms with van der Waals surface area (Å²) in [6, 6.07) is 7.69. The zero-order chi connectivity index (χ0) is 16.2. The Labute approximate surface area is 131 Å². The number of H-pyrrole nitrogens is 1. The maximum Gasteiger partial charge on any atom is 0.360 e. The van der Waals surface area contributed by atoms with Crippen molar-refractivity contribution in [1.29, 1.82) is 0 Å². The molecule has 1 amide bonds. The van der Waals surface area contributed by atoms with Crippen LogP contribution in [0.3, 0.4) is 0 Å². The average Bonchev–Trinajstić information content (AvgIpc) is 3.15. The van der Waals surface area contributed by atoms with Crippen molar-refractivity contribution >= 4 is 28.8 Å². The van der Waals surface area contributed by atoms with Gasteiger partial charge in [0.05, 0.1) is 13.0 Å². The van der Waals surface area contributed by atoms with Crippen LogP contribution in [0.15, 0.2) is 41.1 Å². The predicted octanol–water partition coefficient (Wildman–Crippen LogP) is 2.51. The molecule has 7 heteroatoms. The molecule has 3 aromatic rings. The van der Waals surface area contributed by atoms with E-state index in [2.05, 4.69) is 15.3 Å². The number of nitrogens with zero attached hydrogens (tertiary/aromatic N) is 1. The van der Waals surface area contributed by atoms with E-state index in [4.69, 9.17) is 9.15 Å². The number of para-hydroxylation sites is 1. The molecule has 0 aliphatic heterocycles. The van der Waals surface area contributed by atoms with Crippen LogP contribution in [0.25, 0.3) is 10.9 Å². The number of rotatable bonds is 5. The van der Waals surface area contributed by atoms with Crippen LogP contribution < -0.4 is 5.32 Å². The summed E-state index contributed by atoms with van der Waals surface area (Å²) in [5, 5.41) is 3.51. The number of esters is 1. The zero-order valence-electron chi connectivity index (χ0n) is 12.5. The highest BCUT2D eigenvalue weighted by Crippen LogP contribution is 2.18. The molecule has 0 fully saturated rings. The van der Waals surface area contributed by atoms with Gasteiger partial charge in [-0.3, -0.25) is 10.1 Å². The first-order valence-corrected chi connectivity index (χ1v) is 7.15. The van der Waals surface area contributed by atoms with Gasteiger partial charge < -0.3 is 14.1 Å². The molecule has 7 nitrogen and oxygen atoms in total. The molecule has 0 saturated carbocycles. The number of fused-ring (bicyclic) bond motifs is 1. The third-order valence-electron chi connectivity index (χ3n) is 3.26. The van der Waals surface area contributed by atoms with Crippen molar-refractivity contribution < 1.29 is 18.7 Å². The predicted molar refractivity (Wildman–Crippen MR) is 83.1 cm³/mol. The van der Waals surface area contributed by atoms with Gasteiger partial charge in [-0.1, -0.05) is 18.2 Å². The lowest BCUT2D eigenvalue weighted by molar-refractivity contribution is -0.115. The zero-order valence-corrected chi connectivity index (χ0v) is 12.5. The molecule has 0 spiro atoms. The van der Waals surface area contributed by atoms with Crippen LogP contribution in [0.4, 0.5) is 6.01 Å². The van der Waals surface area contributed by atoms with E-state index in [1.54, 1.807) is 13.1 Å². The van der Waals surface area contributed by atoms with Crippen LogP contribution in [0.5, 0.6) is 0 Å². The van der Waals surface area contributed by atoms with E-state index in [0.29, 0.717) is 0 Å². The highest BCUT2D eigenvalue weighted by molar-refractivity contribution is 5.95. The van der Waals surface area contributed by atoms with E-state index in [9.17, 15) is 9.59 Å². The standard InChI is InChI=1S/C16H15N3O4/c1-2-22-15(21)13-9-23-16(18-13)19-14(20)7-10-8-17-12-6-4-3-5-11(10)12/h3-6,8-9,17H,2,7H2,1H3,(H,18,19,20). The molecule has 0 aliphatic carbocycles. The second-order valence-corrected chi connectivity index (χ2v) is 4.84. The number of hydrogen-bond acceptors (Lipinski definition) is 5. The van der Waals surface area contributed by atoms with Gasteiger partial charge in [0.2, 0.25) is 5.91 Å². The highest BCUT2D eigenvalue weighted by atomic mass is 16.5. The second kappa shape index (κ2) is 6.35. The normalized spacial score (nSPS) is 10.7. The van der Waals surface area contributed by atoms with E-state index in [1.807, 2.05) is 24.3 Å². The van der Waals surface area contributed by atoms with Gasteiger partial charge in [0.15, 0.2) is 5.69 Å². The molecule has 2 aromatic heterocycles. The van der Waals surface area contributed by atoms with Crippen molar-refractivity contribution in [2.45, 2.75) is 13.3 Å². The first-order valence-electron chi connectivity index (χ1n) is 7.15. The van der Waals surface area contributed by atoms with E-state index in [-0.39, 0.29) is 30.6 Å². The molecule has 2 N–H and O–H groups in total. The van der Waals surface area contributed by atoms with Gasteiger partial charge in [0.1, 0.15) is 6.26 Å². The van der Waals surface area contributed by atoms with Crippen LogP contribution in [0.2, 0.25) is 0 Å². The molecule has 0 atom stereocenters. The summed E-state index contributed by atoms with van der Waals surface area (Å²) in [7, 11) is 0. The molecule has 0 bridgehead atoms. The molecular formula is C16H15N3O4. The summed E-state index contributed by atoms with van der Waals surface area (Å²) in [5.74, 6) is -0.875. The minimum Gasteiger partial charge on any atom is -0.461 e. The Hall–Kier alpha value is -3.09. The largest absolute Gasteiger partial charge is 0.461 e. The Kier molecular flexibility index (Phi) is 4.09. The number of oxazole rings is 1. The number of carbonyl (C=O) groups is 2. The van der Waals surface area contributed by atoms with Gasteiger partial charge in [0, 0.05) is 17.1 Å². The van der Waals surface area contributed by atoms with Crippen molar-refractivity contribution in [3.63, 3.8) is 0 Å². The van der Waals surface area contributed by atoms with Gasteiger partial charge in [-0.05, 0) is 18.6 Å². The summed E-state index contributed by atoms with van der Waals surface area (Å²) in [5.41, 5.74) is 1.86. The third kappa shape index (κ3) is 3.23. The molecule has 0 radical (unpaired) electrons. The Bertz CT molecular complexity index is 850. The Morgan fingerprint density at radius 1 is 1.35 bits per heavy atom. The maximum absolute atomic E-state index is 12.1. The molecule has 0 saturated heterocycles. The van der Waals surface area contributed by atoms with Crippen molar-refractivity contribution in [2.24, 2.45) is 0 Å². The number of ether oxygens (including phenoxy) is 1. The van der Waals surface area contributed by atoms with Crippen LogP contribution in [-0.4, -0.2) is 28.5 Å². The summed E-state index contributed by atoms with van der Waals surface area (Å²) in [6.45, 7) is 1.94. The monoisotopic (exact) mass is 313 g/mol. The number of nitrogens with one attached hydrogen (secondary N) is 2. The molecule has 0 unspecified atom stereocenters. The smallest absolute Gasteiger partial charge is 0.360 e. The van der Waals surface area contributed by atoms with Crippen LogP contribution in [0, 0.1) is 0 Å². The van der Waals surface area contributed by atoms with Crippen molar-refractivity contribution in [1.82, 2.24) is 9.97 Å². The molecule has 118 valence electrons. The number of amides is 1. The summed E-state index contributed by atoms with van der Waals surface area (Å²) in [4.78, 5) is 30.6. The van der Waals surface area contributed by atoms with Crippen LogP contribution >= 0.6 is 0 Å². The summed E-state index contributed by atoms with van der Waals surface area (Å²) in [6.07, 6.45) is 3.12. The fraction of sp³-hybridized carbons (Fsp3) is 0.188. The first kappa shape index (κ1) is 14.8. The fourth-order valence-corrected chi connectivity index (χ4v) is 2.24. The molecule has 23 heavy (non-hydrogen) atoms. The maximum atomic E-state index is 12.1. The molecular weight excluding hydrogens is 298 g/mol. The number of hydrogen-bond donors (Lipinski definition) is 2. The Balaban J connectivity index is 1.67. The number of benzene rings is 1.